The van der Waals surface area contributed by atoms with Crippen LogP contribution in [0.25, 0.3) is 11.3 Å². The number of hydrogen-bond donors (Lipinski definition) is 2. The molecular formula is C9H8N2O3. The Bertz CT molecular complexity index is 470. The van der Waals surface area contributed by atoms with Crippen LogP contribution in [0, 0.1) is 6.92 Å². The Morgan fingerprint density at radius 2 is 2.36 bits per heavy atom. The molecule has 2 rings (SSSR count). The molecule has 2 heterocycles. The number of carboxylic acids is 1. The molecule has 72 valence electrons. The van der Waals surface area contributed by atoms with Crippen molar-refractivity contribution < 1.29 is 14.4 Å². The van der Waals surface area contributed by atoms with Crippen LogP contribution in [0.3, 0.4) is 0 Å². The van der Waals surface area contributed by atoms with Gasteiger partial charge in [-0.1, -0.05) is 5.16 Å². The lowest BCUT2D eigenvalue weighted by atomic mass is 10.2. The SMILES string of the molecule is Cc1oncc1-c1ccc(C(=O)O)[nH]1. The van der Waals surface area contributed by atoms with Crippen molar-refractivity contribution in [3.8, 4) is 11.3 Å². The summed E-state index contributed by atoms with van der Waals surface area (Å²) >= 11 is 0. The number of aromatic nitrogens is 2. The van der Waals surface area contributed by atoms with Crippen LogP contribution in [0.15, 0.2) is 22.9 Å². The van der Waals surface area contributed by atoms with Gasteiger partial charge < -0.3 is 14.6 Å². The van der Waals surface area contributed by atoms with Crippen LogP contribution in [0.2, 0.25) is 0 Å². The number of aromatic amines is 1. The molecule has 0 aliphatic rings. The van der Waals surface area contributed by atoms with Gasteiger partial charge in [0, 0.05) is 0 Å². The number of carbonyl (C=O) groups is 1. The molecule has 0 bridgehead atoms. The molecule has 14 heavy (non-hydrogen) atoms. The maximum absolute atomic E-state index is 10.6. The molecule has 0 aliphatic heterocycles. The van der Waals surface area contributed by atoms with Crippen LogP contribution in [0.5, 0.6) is 0 Å². The third kappa shape index (κ3) is 1.28. The number of aryl methyl sites for hydroxylation is 1. The van der Waals surface area contributed by atoms with Crippen molar-refractivity contribution in [2.75, 3.05) is 0 Å². The van der Waals surface area contributed by atoms with Gasteiger partial charge in [0.2, 0.25) is 0 Å². The Balaban J connectivity index is 2.43. The first-order valence-electron chi connectivity index (χ1n) is 4.02. The highest BCUT2D eigenvalue weighted by atomic mass is 16.5. The number of hydrogen-bond acceptors (Lipinski definition) is 3. The van der Waals surface area contributed by atoms with E-state index in [1.165, 1.54) is 6.07 Å². The minimum Gasteiger partial charge on any atom is -0.477 e. The highest BCUT2D eigenvalue weighted by molar-refractivity contribution is 5.86. The lowest BCUT2D eigenvalue weighted by molar-refractivity contribution is 0.0691. The Hall–Kier alpha value is -2.04. The predicted molar refractivity (Wildman–Crippen MR) is 48.0 cm³/mol. The van der Waals surface area contributed by atoms with Gasteiger partial charge in [0.15, 0.2) is 0 Å². The zero-order chi connectivity index (χ0) is 10.1. The predicted octanol–water partition coefficient (Wildman–Crippen LogP) is 1.68. The summed E-state index contributed by atoms with van der Waals surface area (Å²) in [4.78, 5) is 13.4. The Kier molecular flexibility index (Phi) is 1.85. The molecule has 0 aromatic carbocycles. The summed E-state index contributed by atoms with van der Waals surface area (Å²) in [6.07, 6.45) is 1.55. The molecule has 0 amide bonds. The van der Waals surface area contributed by atoms with E-state index in [4.69, 9.17) is 9.63 Å². The smallest absolute Gasteiger partial charge is 0.352 e. The summed E-state index contributed by atoms with van der Waals surface area (Å²) in [5, 5.41) is 12.3. The molecule has 5 nitrogen and oxygen atoms in total. The van der Waals surface area contributed by atoms with Crippen molar-refractivity contribution in [3.05, 3.63) is 29.8 Å². The fraction of sp³-hybridized carbons (Fsp3) is 0.111. The minimum atomic E-state index is -0.981. The molecule has 0 saturated heterocycles. The molecule has 2 aromatic rings. The number of nitrogens with one attached hydrogen (secondary N) is 1. The fourth-order valence-electron chi connectivity index (χ4n) is 1.23. The summed E-state index contributed by atoms with van der Waals surface area (Å²) in [5.41, 5.74) is 1.62. The van der Waals surface area contributed by atoms with Crippen LogP contribution in [0.1, 0.15) is 16.2 Å². The highest BCUT2D eigenvalue weighted by Gasteiger charge is 2.10. The van der Waals surface area contributed by atoms with E-state index < -0.39 is 5.97 Å². The van der Waals surface area contributed by atoms with Gasteiger partial charge in [-0.25, -0.2) is 4.79 Å². The van der Waals surface area contributed by atoms with Crippen molar-refractivity contribution in [1.82, 2.24) is 10.1 Å². The lowest BCUT2D eigenvalue weighted by Gasteiger charge is -1.91. The normalized spacial score (nSPS) is 10.4. The van der Waals surface area contributed by atoms with Gasteiger partial charge in [0.25, 0.3) is 0 Å². The maximum atomic E-state index is 10.6. The quantitative estimate of drug-likeness (QED) is 0.758. The Labute approximate surface area is 79.3 Å². The van der Waals surface area contributed by atoms with E-state index >= 15 is 0 Å². The highest BCUT2D eigenvalue weighted by Crippen LogP contribution is 2.21. The summed E-state index contributed by atoms with van der Waals surface area (Å²) < 4.78 is 4.87. The fourth-order valence-corrected chi connectivity index (χ4v) is 1.23. The van der Waals surface area contributed by atoms with Gasteiger partial charge in [-0.3, -0.25) is 0 Å². The second-order valence-corrected chi connectivity index (χ2v) is 2.89. The first kappa shape index (κ1) is 8.55. The van der Waals surface area contributed by atoms with E-state index in [0.29, 0.717) is 11.5 Å². The summed E-state index contributed by atoms with van der Waals surface area (Å²) in [5.74, 6) is -0.325. The molecule has 0 radical (unpaired) electrons. The minimum absolute atomic E-state index is 0.153. The van der Waals surface area contributed by atoms with E-state index in [1.807, 2.05) is 0 Å². The first-order valence-corrected chi connectivity index (χ1v) is 4.02. The standard InChI is InChI=1S/C9H8N2O3/c1-5-6(4-10-14-5)7-2-3-8(11-7)9(12)13/h2-4,11H,1H3,(H,12,13). The lowest BCUT2D eigenvalue weighted by Crippen LogP contribution is -1.95. The number of H-pyrrole nitrogens is 1. The van der Waals surface area contributed by atoms with E-state index in [-0.39, 0.29) is 5.69 Å². The molecule has 5 heteroatoms. The van der Waals surface area contributed by atoms with Crippen LogP contribution in [-0.2, 0) is 0 Å². The molecule has 0 saturated carbocycles. The van der Waals surface area contributed by atoms with Crippen molar-refractivity contribution in [2.45, 2.75) is 6.92 Å². The number of rotatable bonds is 2. The van der Waals surface area contributed by atoms with E-state index in [2.05, 4.69) is 10.1 Å². The second-order valence-electron chi connectivity index (χ2n) is 2.89. The number of aromatic carboxylic acids is 1. The van der Waals surface area contributed by atoms with Gasteiger partial charge in [-0.2, -0.15) is 0 Å². The largest absolute Gasteiger partial charge is 0.477 e. The van der Waals surface area contributed by atoms with E-state index in [9.17, 15) is 4.79 Å². The molecular weight excluding hydrogens is 184 g/mol. The average molecular weight is 192 g/mol. The third-order valence-corrected chi connectivity index (χ3v) is 1.96. The average Bonchev–Trinajstić information content (AvgIpc) is 2.71. The summed E-state index contributed by atoms with van der Waals surface area (Å²) in [6.45, 7) is 1.77. The topological polar surface area (TPSA) is 79.1 Å². The molecule has 2 aromatic heterocycles. The molecule has 0 unspecified atom stereocenters. The number of carboxylic acid groups (broad SMARTS) is 1. The van der Waals surface area contributed by atoms with Crippen LogP contribution in [0.4, 0.5) is 0 Å². The molecule has 0 atom stereocenters. The second kappa shape index (κ2) is 3.02. The van der Waals surface area contributed by atoms with Crippen LogP contribution in [-0.4, -0.2) is 21.2 Å². The van der Waals surface area contributed by atoms with E-state index in [1.54, 1.807) is 19.2 Å². The summed E-state index contributed by atoms with van der Waals surface area (Å²) in [7, 11) is 0. The zero-order valence-corrected chi connectivity index (χ0v) is 7.44. The summed E-state index contributed by atoms with van der Waals surface area (Å²) in [6, 6.07) is 3.19. The molecule has 0 fully saturated rings. The van der Waals surface area contributed by atoms with Crippen molar-refractivity contribution in [2.24, 2.45) is 0 Å². The Morgan fingerprint density at radius 1 is 1.57 bits per heavy atom. The first-order chi connectivity index (χ1) is 6.68. The van der Waals surface area contributed by atoms with Gasteiger partial charge in [-0.05, 0) is 19.1 Å². The van der Waals surface area contributed by atoms with Crippen LogP contribution < -0.4 is 0 Å². The van der Waals surface area contributed by atoms with E-state index in [0.717, 1.165) is 5.56 Å². The van der Waals surface area contributed by atoms with Gasteiger partial charge >= 0.3 is 5.97 Å². The van der Waals surface area contributed by atoms with Crippen LogP contribution >= 0.6 is 0 Å². The van der Waals surface area contributed by atoms with Crippen molar-refractivity contribution in [1.29, 1.82) is 0 Å². The molecule has 0 spiro atoms. The van der Waals surface area contributed by atoms with Crippen molar-refractivity contribution in [3.63, 3.8) is 0 Å². The van der Waals surface area contributed by atoms with Gasteiger partial charge in [-0.15, -0.1) is 0 Å². The molecule has 2 N–H and O–H groups in total. The molecule has 0 aliphatic carbocycles. The monoisotopic (exact) mass is 192 g/mol. The maximum Gasteiger partial charge on any atom is 0.352 e. The van der Waals surface area contributed by atoms with Crippen molar-refractivity contribution >= 4 is 5.97 Å². The number of nitrogens with zero attached hydrogens (tertiary/aromatic N) is 1. The van der Waals surface area contributed by atoms with Gasteiger partial charge in [0.1, 0.15) is 11.5 Å². The zero-order valence-electron chi connectivity index (χ0n) is 7.44. The Morgan fingerprint density at radius 3 is 2.86 bits per heavy atom. The third-order valence-electron chi connectivity index (χ3n) is 1.96. The van der Waals surface area contributed by atoms with Gasteiger partial charge in [0.05, 0.1) is 17.5 Å².